The second-order valence-electron chi connectivity index (χ2n) is 6.09. The van der Waals surface area contributed by atoms with Gasteiger partial charge in [-0.25, -0.2) is 9.18 Å². The molecule has 2 N–H and O–H groups in total. The van der Waals surface area contributed by atoms with Crippen LogP contribution in [0.3, 0.4) is 0 Å². The van der Waals surface area contributed by atoms with Crippen molar-refractivity contribution in [2.75, 3.05) is 13.2 Å². The minimum Gasteiger partial charge on any atom is -0.375 e. The highest BCUT2D eigenvalue weighted by molar-refractivity contribution is 5.72. The van der Waals surface area contributed by atoms with Gasteiger partial charge in [-0.2, -0.15) is 0 Å². The lowest BCUT2D eigenvalue weighted by molar-refractivity contribution is 0.0789. The molecule has 2 rings (SSSR count). The molecule has 0 aliphatic heterocycles. The van der Waals surface area contributed by atoms with E-state index in [1.165, 1.54) is 6.07 Å². The van der Waals surface area contributed by atoms with E-state index in [-0.39, 0.29) is 18.5 Å². The second-order valence-corrected chi connectivity index (χ2v) is 6.09. The number of urea groups is 1. The number of hydrogen-bond donors (Lipinski definition) is 1. The van der Waals surface area contributed by atoms with E-state index in [1.54, 1.807) is 23.1 Å². The Morgan fingerprint density at radius 1 is 1.32 bits per heavy atom. The molecule has 0 heterocycles. The number of benzene rings is 1. The first-order chi connectivity index (χ1) is 10.6. The Bertz CT molecular complexity index is 487. The van der Waals surface area contributed by atoms with Crippen LogP contribution in [0.5, 0.6) is 0 Å². The molecule has 0 radical (unpaired) electrons. The maximum absolute atomic E-state index is 13.5. The fraction of sp³-hybridized carbons (Fsp3) is 0.588. The van der Waals surface area contributed by atoms with E-state index in [0.29, 0.717) is 18.7 Å². The third-order valence-corrected chi connectivity index (χ3v) is 4.40. The summed E-state index contributed by atoms with van der Waals surface area (Å²) in [5, 5.41) is 0. The molecule has 22 heavy (non-hydrogen) atoms. The summed E-state index contributed by atoms with van der Waals surface area (Å²) in [7, 11) is 0. The molecule has 0 atom stereocenters. The van der Waals surface area contributed by atoms with Crippen molar-refractivity contribution >= 4 is 6.03 Å². The van der Waals surface area contributed by atoms with Crippen LogP contribution in [-0.2, 0) is 11.3 Å². The van der Waals surface area contributed by atoms with E-state index in [0.717, 1.165) is 31.6 Å². The average molecular weight is 308 g/mol. The molecule has 0 unspecified atom stereocenters. The van der Waals surface area contributed by atoms with Crippen molar-refractivity contribution in [2.45, 2.75) is 45.3 Å². The predicted molar refractivity (Wildman–Crippen MR) is 83.8 cm³/mol. The van der Waals surface area contributed by atoms with Crippen LogP contribution in [0, 0.1) is 11.7 Å². The third kappa shape index (κ3) is 4.70. The van der Waals surface area contributed by atoms with Crippen LogP contribution in [0.4, 0.5) is 9.18 Å². The molecular formula is C17H25FN2O2. The highest BCUT2D eigenvalue weighted by Crippen LogP contribution is 2.26. The Kier molecular flexibility index (Phi) is 6.19. The van der Waals surface area contributed by atoms with Gasteiger partial charge in [-0.3, -0.25) is 0 Å². The molecule has 0 spiro atoms. The van der Waals surface area contributed by atoms with E-state index < -0.39 is 6.03 Å². The average Bonchev–Trinajstić information content (AvgIpc) is 2.50. The van der Waals surface area contributed by atoms with Crippen LogP contribution in [0.25, 0.3) is 0 Å². The number of halogens is 1. The summed E-state index contributed by atoms with van der Waals surface area (Å²) in [4.78, 5) is 13.3. The maximum Gasteiger partial charge on any atom is 0.315 e. The minimum absolute atomic E-state index is 0.209. The van der Waals surface area contributed by atoms with Crippen molar-refractivity contribution in [3.05, 3.63) is 35.6 Å². The molecule has 1 fully saturated rings. The van der Waals surface area contributed by atoms with Crippen LogP contribution >= 0.6 is 0 Å². The van der Waals surface area contributed by atoms with Crippen LogP contribution < -0.4 is 5.73 Å². The number of primary amides is 1. The SMILES string of the molecule is CC1CCC(N(CCOCc2ccccc2F)C(N)=O)CC1. The second kappa shape index (κ2) is 8.13. The van der Waals surface area contributed by atoms with Gasteiger partial charge in [0.05, 0.1) is 13.2 Å². The van der Waals surface area contributed by atoms with Gasteiger partial charge >= 0.3 is 6.03 Å². The highest BCUT2D eigenvalue weighted by Gasteiger charge is 2.25. The fourth-order valence-corrected chi connectivity index (χ4v) is 2.99. The molecular weight excluding hydrogens is 283 g/mol. The van der Waals surface area contributed by atoms with Crippen molar-refractivity contribution in [2.24, 2.45) is 11.7 Å². The Morgan fingerprint density at radius 2 is 2.00 bits per heavy atom. The summed E-state index contributed by atoms with van der Waals surface area (Å²) >= 11 is 0. The van der Waals surface area contributed by atoms with Crippen molar-refractivity contribution in [3.63, 3.8) is 0 Å². The number of nitrogens with two attached hydrogens (primary N) is 1. The lowest BCUT2D eigenvalue weighted by Gasteiger charge is -2.35. The Balaban J connectivity index is 1.77. The first-order valence-corrected chi connectivity index (χ1v) is 7.95. The topological polar surface area (TPSA) is 55.6 Å². The normalized spacial score (nSPS) is 21.5. The van der Waals surface area contributed by atoms with Gasteiger partial charge in [0.1, 0.15) is 5.82 Å². The molecule has 1 aliphatic carbocycles. The fourth-order valence-electron chi connectivity index (χ4n) is 2.99. The molecule has 1 aliphatic rings. The van der Waals surface area contributed by atoms with Gasteiger partial charge in [0.2, 0.25) is 0 Å². The minimum atomic E-state index is -0.394. The number of rotatable bonds is 6. The largest absolute Gasteiger partial charge is 0.375 e. The molecule has 0 aromatic heterocycles. The molecule has 0 saturated heterocycles. The molecule has 122 valence electrons. The Hall–Kier alpha value is -1.62. The molecule has 1 aromatic carbocycles. The maximum atomic E-state index is 13.5. The number of ether oxygens (including phenoxy) is 1. The summed E-state index contributed by atoms with van der Waals surface area (Å²) < 4.78 is 19.0. The van der Waals surface area contributed by atoms with Gasteiger partial charge in [-0.05, 0) is 37.7 Å². The number of nitrogens with zero attached hydrogens (tertiary/aromatic N) is 1. The molecule has 0 bridgehead atoms. The molecule has 4 nitrogen and oxygen atoms in total. The number of carbonyl (C=O) groups excluding carboxylic acids is 1. The Labute approximate surface area is 131 Å². The standard InChI is InChI=1S/C17H25FN2O2/c1-13-6-8-15(9-7-13)20(17(19)21)10-11-22-12-14-4-2-3-5-16(14)18/h2-5,13,15H,6-12H2,1H3,(H2,19,21). The molecule has 1 saturated carbocycles. The molecule has 5 heteroatoms. The van der Waals surface area contributed by atoms with Crippen LogP contribution in [-0.4, -0.2) is 30.1 Å². The quantitative estimate of drug-likeness (QED) is 0.820. The smallest absolute Gasteiger partial charge is 0.315 e. The summed E-state index contributed by atoms with van der Waals surface area (Å²) in [5.74, 6) is 0.457. The van der Waals surface area contributed by atoms with Crippen LogP contribution in [0.1, 0.15) is 38.2 Å². The van der Waals surface area contributed by atoms with Gasteiger partial charge in [-0.15, -0.1) is 0 Å². The zero-order valence-electron chi connectivity index (χ0n) is 13.1. The number of carbonyl (C=O) groups is 1. The van der Waals surface area contributed by atoms with Crippen molar-refractivity contribution in [1.29, 1.82) is 0 Å². The zero-order valence-corrected chi connectivity index (χ0v) is 13.1. The van der Waals surface area contributed by atoms with E-state index in [4.69, 9.17) is 10.5 Å². The van der Waals surface area contributed by atoms with E-state index in [9.17, 15) is 9.18 Å². The van der Waals surface area contributed by atoms with Crippen molar-refractivity contribution in [1.82, 2.24) is 4.90 Å². The van der Waals surface area contributed by atoms with E-state index in [2.05, 4.69) is 6.92 Å². The summed E-state index contributed by atoms with van der Waals surface area (Å²) in [6, 6.07) is 6.36. The predicted octanol–water partition coefficient (Wildman–Crippen LogP) is 3.30. The van der Waals surface area contributed by atoms with Crippen molar-refractivity contribution < 1.29 is 13.9 Å². The molecule has 1 aromatic rings. The van der Waals surface area contributed by atoms with Crippen LogP contribution in [0.2, 0.25) is 0 Å². The third-order valence-electron chi connectivity index (χ3n) is 4.40. The monoisotopic (exact) mass is 308 g/mol. The summed E-state index contributed by atoms with van der Waals surface area (Å²) in [5.41, 5.74) is 6.02. The zero-order chi connectivity index (χ0) is 15.9. The van der Waals surface area contributed by atoms with Crippen LogP contribution in [0.15, 0.2) is 24.3 Å². The van der Waals surface area contributed by atoms with E-state index in [1.807, 2.05) is 0 Å². The lowest BCUT2D eigenvalue weighted by Crippen LogP contribution is -2.46. The summed E-state index contributed by atoms with van der Waals surface area (Å²) in [6.45, 7) is 3.27. The van der Waals surface area contributed by atoms with Gasteiger partial charge in [-0.1, -0.05) is 25.1 Å². The van der Waals surface area contributed by atoms with Gasteiger partial charge in [0.25, 0.3) is 0 Å². The van der Waals surface area contributed by atoms with Gasteiger partial charge in [0.15, 0.2) is 0 Å². The van der Waals surface area contributed by atoms with Crippen molar-refractivity contribution in [3.8, 4) is 0 Å². The number of amides is 2. The number of hydrogen-bond acceptors (Lipinski definition) is 2. The highest BCUT2D eigenvalue weighted by atomic mass is 19.1. The van der Waals surface area contributed by atoms with Gasteiger partial charge < -0.3 is 15.4 Å². The lowest BCUT2D eigenvalue weighted by atomic mass is 9.86. The first kappa shape index (κ1) is 16.7. The first-order valence-electron chi connectivity index (χ1n) is 7.95. The van der Waals surface area contributed by atoms with Gasteiger partial charge in [0, 0.05) is 18.2 Å². The Morgan fingerprint density at radius 3 is 2.64 bits per heavy atom. The molecule has 2 amide bonds. The summed E-state index contributed by atoms with van der Waals surface area (Å²) in [6.07, 6.45) is 4.25. The van der Waals surface area contributed by atoms with E-state index >= 15 is 0 Å².